The highest BCUT2D eigenvalue weighted by molar-refractivity contribution is 5.89. The molecule has 3 fully saturated rings. The number of carbonyl (C=O) groups excluding carboxylic acids is 2. The Morgan fingerprint density at radius 3 is 2.38 bits per heavy atom. The van der Waals surface area contributed by atoms with E-state index in [0.29, 0.717) is 26.1 Å². The lowest BCUT2D eigenvalue weighted by Crippen LogP contribution is -2.47. The third kappa shape index (κ3) is 2.63. The van der Waals surface area contributed by atoms with Gasteiger partial charge in [0.05, 0.1) is 25.6 Å². The molecule has 0 radical (unpaired) electrons. The van der Waals surface area contributed by atoms with E-state index in [-0.39, 0.29) is 12.0 Å². The van der Waals surface area contributed by atoms with Gasteiger partial charge >= 0.3 is 6.09 Å². The van der Waals surface area contributed by atoms with Crippen LogP contribution in [0, 0.1) is 0 Å². The van der Waals surface area contributed by atoms with E-state index >= 15 is 0 Å². The van der Waals surface area contributed by atoms with Crippen LogP contribution in [0.5, 0.6) is 5.75 Å². The molecule has 140 valence electrons. The van der Waals surface area contributed by atoms with E-state index in [1.54, 1.807) is 19.1 Å². The highest BCUT2D eigenvalue weighted by Gasteiger charge is 2.53. The molecule has 3 aliphatic rings. The fourth-order valence-electron chi connectivity index (χ4n) is 4.84. The fourth-order valence-corrected chi connectivity index (χ4v) is 4.84. The van der Waals surface area contributed by atoms with E-state index in [9.17, 15) is 9.59 Å². The van der Waals surface area contributed by atoms with Crippen molar-refractivity contribution in [3.05, 3.63) is 29.8 Å². The molecule has 2 aliphatic heterocycles. The van der Waals surface area contributed by atoms with Gasteiger partial charge in [0, 0.05) is 20.0 Å². The summed E-state index contributed by atoms with van der Waals surface area (Å²) in [6.45, 7) is 1.71. The molecule has 4 rings (SSSR count). The van der Waals surface area contributed by atoms with Crippen LogP contribution >= 0.6 is 0 Å². The number of amides is 2. The summed E-state index contributed by atoms with van der Waals surface area (Å²) in [7, 11) is 3.40. The van der Waals surface area contributed by atoms with E-state index < -0.39 is 11.0 Å². The number of benzene rings is 1. The van der Waals surface area contributed by atoms with Gasteiger partial charge in [0.25, 0.3) is 0 Å². The highest BCUT2D eigenvalue weighted by Crippen LogP contribution is 2.44. The Labute approximate surface area is 154 Å². The van der Waals surface area contributed by atoms with Gasteiger partial charge in [-0.25, -0.2) is 4.79 Å². The molecule has 0 N–H and O–H groups in total. The van der Waals surface area contributed by atoms with Gasteiger partial charge in [-0.05, 0) is 30.5 Å². The van der Waals surface area contributed by atoms with Gasteiger partial charge < -0.3 is 19.3 Å². The predicted molar refractivity (Wildman–Crippen MR) is 96.2 cm³/mol. The van der Waals surface area contributed by atoms with Crippen molar-refractivity contribution in [1.82, 2.24) is 9.80 Å². The number of likely N-dealkylation sites (N-methyl/N-ethyl adjacent to an activating group) is 1. The summed E-state index contributed by atoms with van der Waals surface area (Å²) in [5, 5.41) is 0. The largest absolute Gasteiger partial charge is 0.497 e. The van der Waals surface area contributed by atoms with Crippen LogP contribution in [0.15, 0.2) is 24.3 Å². The molecule has 1 spiro atoms. The smallest absolute Gasteiger partial charge is 0.410 e. The van der Waals surface area contributed by atoms with E-state index in [4.69, 9.17) is 9.47 Å². The average Bonchev–Trinajstić information content (AvgIpc) is 3.35. The summed E-state index contributed by atoms with van der Waals surface area (Å²) >= 11 is 0. The third-order valence-corrected chi connectivity index (χ3v) is 6.25. The maximum atomic E-state index is 13.6. The second-order valence-corrected chi connectivity index (χ2v) is 7.90. The second-order valence-electron chi connectivity index (χ2n) is 7.90. The van der Waals surface area contributed by atoms with Gasteiger partial charge in [0.2, 0.25) is 5.91 Å². The first kappa shape index (κ1) is 17.2. The van der Waals surface area contributed by atoms with Gasteiger partial charge in [-0.15, -0.1) is 0 Å². The number of rotatable bonds is 3. The zero-order chi connectivity index (χ0) is 18.4. The van der Waals surface area contributed by atoms with E-state index in [2.05, 4.69) is 0 Å². The molecule has 2 heterocycles. The van der Waals surface area contributed by atoms with Crippen LogP contribution in [-0.2, 0) is 14.9 Å². The molecule has 1 aliphatic carbocycles. The molecule has 0 aromatic heterocycles. The molecule has 6 heteroatoms. The number of ether oxygens (including phenoxy) is 2. The van der Waals surface area contributed by atoms with Crippen molar-refractivity contribution in [2.45, 2.75) is 43.1 Å². The Hall–Kier alpha value is -2.24. The molecule has 1 saturated carbocycles. The molecular weight excluding hydrogens is 332 g/mol. The van der Waals surface area contributed by atoms with Crippen LogP contribution in [0.4, 0.5) is 4.79 Å². The summed E-state index contributed by atoms with van der Waals surface area (Å²) in [6, 6.07) is 7.91. The molecule has 26 heavy (non-hydrogen) atoms. The lowest BCUT2D eigenvalue weighted by molar-refractivity contribution is -0.137. The van der Waals surface area contributed by atoms with E-state index in [0.717, 1.165) is 37.0 Å². The van der Waals surface area contributed by atoms with Gasteiger partial charge in [0.1, 0.15) is 5.75 Å². The van der Waals surface area contributed by atoms with Crippen LogP contribution in [-0.4, -0.2) is 61.2 Å². The summed E-state index contributed by atoms with van der Waals surface area (Å²) in [6.07, 6.45) is 4.31. The van der Waals surface area contributed by atoms with Crippen LogP contribution in [0.2, 0.25) is 0 Å². The van der Waals surface area contributed by atoms with Gasteiger partial charge in [-0.3, -0.25) is 4.79 Å². The highest BCUT2D eigenvalue weighted by atomic mass is 16.6. The van der Waals surface area contributed by atoms with Crippen LogP contribution in [0.3, 0.4) is 0 Å². The first-order valence-corrected chi connectivity index (χ1v) is 9.36. The molecule has 2 saturated heterocycles. The normalized spacial score (nSPS) is 27.2. The minimum atomic E-state index is -0.527. The van der Waals surface area contributed by atoms with E-state index in [1.165, 1.54) is 0 Å². The van der Waals surface area contributed by atoms with Crippen molar-refractivity contribution in [3.63, 3.8) is 0 Å². The van der Waals surface area contributed by atoms with Crippen molar-refractivity contribution in [3.8, 4) is 5.75 Å². The first-order chi connectivity index (χ1) is 12.5. The third-order valence-electron chi connectivity index (χ3n) is 6.25. The van der Waals surface area contributed by atoms with Gasteiger partial charge in [-0.1, -0.05) is 25.0 Å². The Morgan fingerprint density at radius 2 is 1.81 bits per heavy atom. The summed E-state index contributed by atoms with van der Waals surface area (Å²) < 4.78 is 10.9. The summed E-state index contributed by atoms with van der Waals surface area (Å²) in [4.78, 5) is 28.9. The number of carbonyl (C=O) groups is 2. The number of hydrogen-bond acceptors (Lipinski definition) is 4. The maximum Gasteiger partial charge on any atom is 0.410 e. The average molecular weight is 358 g/mol. The molecule has 0 unspecified atom stereocenters. The molecular formula is C20H26N2O4. The van der Waals surface area contributed by atoms with Crippen molar-refractivity contribution in [1.29, 1.82) is 0 Å². The molecule has 0 bridgehead atoms. The molecule has 1 aromatic rings. The summed E-state index contributed by atoms with van der Waals surface area (Å²) in [5.41, 5.74) is 0.0929. The topological polar surface area (TPSA) is 59.1 Å². The van der Waals surface area contributed by atoms with Gasteiger partial charge in [-0.2, -0.15) is 0 Å². The zero-order valence-corrected chi connectivity index (χ0v) is 15.5. The van der Waals surface area contributed by atoms with Crippen molar-refractivity contribution in [2.75, 3.05) is 33.8 Å². The number of hydrogen-bond donors (Lipinski definition) is 0. The second kappa shape index (κ2) is 6.18. The minimum Gasteiger partial charge on any atom is -0.497 e. The Morgan fingerprint density at radius 1 is 1.12 bits per heavy atom. The number of methoxy groups -OCH3 is 1. The van der Waals surface area contributed by atoms with Crippen LogP contribution in [0.25, 0.3) is 0 Å². The first-order valence-electron chi connectivity index (χ1n) is 9.36. The van der Waals surface area contributed by atoms with Crippen molar-refractivity contribution >= 4 is 12.0 Å². The quantitative estimate of drug-likeness (QED) is 0.833. The van der Waals surface area contributed by atoms with Gasteiger partial charge in [0.15, 0.2) is 5.60 Å². The van der Waals surface area contributed by atoms with Crippen molar-refractivity contribution in [2.24, 2.45) is 0 Å². The zero-order valence-electron chi connectivity index (χ0n) is 15.5. The predicted octanol–water partition coefficient (Wildman–Crippen LogP) is 2.56. The Balaban J connectivity index is 1.57. The van der Waals surface area contributed by atoms with Crippen LogP contribution < -0.4 is 4.74 Å². The Kier molecular flexibility index (Phi) is 4.09. The minimum absolute atomic E-state index is 0.183. The molecule has 2 amide bonds. The molecule has 1 atom stereocenters. The monoisotopic (exact) mass is 358 g/mol. The van der Waals surface area contributed by atoms with Crippen molar-refractivity contribution < 1.29 is 19.1 Å². The summed E-state index contributed by atoms with van der Waals surface area (Å²) in [5.74, 6) is 0.984. The van der Waals surface area contributed by atoms with E-state index in [1.807, 2.05) is 29.2 Å². The Bertz CT molecular complexity index is 711. The van der Waals surface area contributed by atoms with Crippen LogP contribution in [0.1, 0.15) is 37.7 Å². The fraction of sp³-hybridized carbons (Fsp3) is 0.600. The SMILES string of the molecule is COc1ccc(C2(C(=O)N3CC[C@@]4(CN(C)C(=O)O4)C3)CCCC2)cc1. The number of nitrogens with zero attached hydrogens (tertiary/aromatic N) is 2. The lowest BCUT2D eigenvalue weighted by Gasteiger charge is -2.33. The maximum absolute atomic E-state index is 13.6. The standard InChI is InChI=1S/C20H26N2O4/c1-21-13-19(26-18(21)24)11-12-22(14-19)17(23)20(9-3-4-10-20)15-5-7-16(25-2)8-6-15/h5-8H,3-4,9-14H2,1-2H3/t19-/m1/s1. The molecule has 6 nitrogen and oxygen atoms in total. The number of likely N-dealkylation sites (tertiary alicyclic amines) is 1. The molecule has 1 aromatic carbocycles. The lowest BCUT2D eigenvalue weighted by atomic mass is 9.77.